The SMILES string of the molecule is CNC(=O)[C@@H](Cc1ccccc1)N(Cc1c(Cl)cccc1Cl)C(=O)CN(c1ccc(OC)c(OC)c1)S(=O)(=O)c1ccc(C)cc1. The van der Waals surface area contributed by atoms with Gasteiger partial charge in [0.1, 0.15) is 12.6 Å². The number of carbonyl (C=O) groups is 2. The van der Waals surface area contributed by atoms with Gasteiger partial charge in [0.25, 0.3) is 10.0 Å². The van der Waals surface area contributed by atoms with Crippen LogP contribution in [0.1, 0.15) is 16.7 Å². The van der Waals surface area contributed by atoms with Crippen LogP contribution in [0.3, 0.4) is 0 Å². The first-order chi connectivity index (χ1) is 22.0. The third-order valence-electron chi connectivity index (χ3n) is 7.45. The first kappa shape index (κ1) is 34.6. The van der Waals surface area contributed by atoms with Gasteiger partial charge in [0, 0.05) is 41.7 Å². The van der Waals surface area contributed by atoms with Gasteiger partial charge in [0.15, 0.2) is 11.5 Å². The number of nitrogens with zero attached hydrogens (tertiary/aromatic N) is 2. The van der Waals surface area contributed by atoms with Crippen molar-refractivity contribution in [1.29, 1.82) is 0 Å². The molecular weight excluding hydrogens is 649 g/mol. The quantitative estimate of drug-likeness (QED) is 0.188. The van der Waals surface area contributed by atoms with Crippen molar-refractivity contribution in [3.63, 3.8) is 0 Å². The van der Waals surface area contributed by atoms with Crippen LogP contribution >= 0.6 is 23.2 Å². The number of halogens is 2. The molecule has 0 unspecified atom stereocenters. The average Bonchev–Trinajstić information content (AvgIpc) is 3.06. The minimum atomic E-state index is -4.31. The summed E-state index contributed by atoms with van der Waals surface area (Å²) in [5.41, 5.74) is 2.23. The summed E-state index contributed by atoms with van der Waals surface area (Å²) >= 11 is 13.1. The molecule has 2 amide bonds. The first-order valence-corrected chi connectivity index (χ1v) is 16.5. The maximum absolute atomic E-state index is 14.5. The number of anilines is 1. The highest BCUT2D eigenvalue weighted by Crippen LogP contribution is 2.34. The topological polar surface area (TPSA) is 105 Å². The van der Waals surface area contributed by atoms with E-state index < -0.39 is 34.4 Å². The number of sulfonamides is 1. The Hall–Kier alpha value is -4.25. The van der Waals surface area contributed by atoms with Crippen LogP contribution in [0.2, 0.25) is 10.0 Å². The molecule has 0 aromatic heterocycles. The van der Waals surface area contributed by atoms with Crippen molar-refractivity contribution in [2.45, 2.75) is 30.8 Å². The molecule has 4 rings (SSSR count). The van der Waals surface area contributed by atoms with Gasteiger partial charge >= 0.3 is 0 Å². The Kier molecular flexibility index (Phi) is 11.6. The molecule has 1 N–H and O–H groups in total. The lowest BCUT2D eigenvalue weighted by Gasteiger charge is -2.34. The summed E-state index contributed by atoms with van der Waals surface area (Å²) in [6, 6.07) is 24.0. The molecule has 242 valence electrons. The Morgan fingerprint density at radius 1 is 0.848 bits per heavy atom. The Morgan fingerprint density at radius 2 is 1.48 bits per heavy atom. The molecule has 0 radical (unpaired) electrons. The van der Waals surface area contributed by atoms with Crippen molar-refractivity contribution in [1.82, 2.24) is 10.2 Å². The third-order valence-corrected chi connectivity index (χ3v) is 9.95. The molecule has 12 heteroatoms. The smallest absolute Gasteiger partial charge is 0.264 e. The van der Waals surface area contributed by atoms with Gasteiger partial charge < -0.3 is 19.7 Å². The number of rotatable bonds is 13. The van der Waals surface area contributed by atoms with Gasteiger partial charge in [0.2, 0.25) is 11.8 Å². The molecular formula is C34H35Cl2N3O6S. The van der Waals surface area contributed by atoms with E-state index in [4.69, 9.17) is 32.7 Å². The maximum atomic E-state index is 14.5. The number of nitrogens with one attached hydrogen (secondary N) is 1. The van der Waals surface area contributed by atoms with Crippen LogP contribution in [0.25, 0.3) is 0 Å². The third kappa shape index (κ3) is 7.93. The summed E-state index contributed by atoms with van der Waals surface area (Å²) < 4.78 is 40.3. The second-order valence-corrected chi connectivity index (χ2v) is 13.1. The number of methoxy groups -OCH3 is 2. The number of hydrogen-bond acceptors (Lipinski definition) is 6. The van der Waals surface area contributed by atoms with Crippen LogP contribution in [-0.2, 0) is 32.6 Å². The second kappa shape index (κ2) is 15.4. The molecule has 0 aliphatic carbocycles. The van der Waals surface area contributed by atoms with E-state index in [0.29, 0.717) is 21.4 Å². The lowest BCUT2D eigenvalue weighted by atomic mass is 10.0. The largest absolute Gasteiger partial charge is 0.493 e. The predicted octanol–water partition coefficient (Wildman–Crippen LogP) is 5.90. The summed E-state index contributed by atoms with van der Waals surface area (Å²) in [6.45, 7) is 1.03. The van der Waals surface area contributed by atoms with Crippen LogP contribution in [0.4, 0.5) is 5.69 Å². The van der Waals surface area contributed by atoms with Crippen LogP contribution < -0.4 is 19.1 Å². The highest BCUT2D eigenvalue weighted by Gasteiger charge is 2.35. The Bertz CT molecular complexity index is 1770. The monoisotopic (exact) mass is 683 g/mol. The molecule has 0 saturated heterocycles. The fraction of sp³-hybridized carbons (Fsp3) is 0.235. The molecule has 0 aliphatic rings. The second-order valence-electron chi connectivity index (χ2n) is 10.4. The highest BCUT2D eigenvalue weighted by molar-refractivity contribution is 7.92. The number of hydrogen-bond donors (Lipinski definition) is 1. The van der Waals surface area contributed by atoms with E-state index in [0.717, 1.165) is 15.4 Å². The zero-order valence-corrected chi connectivity index (χ0v) is 28.2. The number of benzene rings is 4. The standard InChI is InChI=1S/C34H35Cl2N3O6S/c1-23-13-16-26(17-14-23)46(42,43)39(25-15-18-31(44-3)32(20-25)45-4)22-33(40)38(21-27-28(35)11-8-12-29(27)36)30(34(41)37-2)19-24-9-6-5-7-10-24/h5-18,20,30H,19,21-22H2,1-4H3,(H,37,41)/t30-/m1/s1. The minimum absolute atomic E-state index is 0.0199. The number of likely N-dealkylation sites (N-methyl/N-ethyl adjacent to an activating group) is 1. The fourth-order valence-corrected chi connectivity index (χ4v) is 6.84. The summed E-state index contributed by atoms with van der Waals surface area (Å²) in [4.78, 5) is 29.3. The number of aryl methyl sites for hydroxylation is 1. The van der Waals surface area contributed by atoms with Gasteiger partial charge in [-0.05, 0) is 48.9 Å². The molecule has 4 aromatic carbocycles. The van der Waals surface area contributed by atoms with Crippen LogP contribution in [-0.4, -0.2) is 59.0 Å². The minimum Gasteiger partial charge on any atom is -0.493 e. The molecule has 0 aliphatic heterocycles. The lowest BCUT2D eigenvalue weighted by Crippen LogP contribution is -2.53. The molecule has 0 bridgehead atoms. The lowest BCUT2D eigenvalue weighted by molar-refractivity contribution is -0.139. The van der Waals surface area contributed by atoms with E-state index in [1.807, 2.05) is 37.3 Å². The van der Waals surface area contributed by atoms with Crippen LogP contribution in [0.5, 0.6) is 11.5 Å². The van der Waals surface area contributed by atoms with E-state index in [1.165, 1.54) is 50.4 Å². The normalized spacial score (nSPS) is 11.8. The average molecular weight is 685 g/mol. The number of carbonyl (C=O) groups excluding carboxylic acids is 2. The predicted molar refractivity (Wildman–Crippen MR) is 180 cm³/mol. The molecule has 4 aromatic rings. The molecule has 0 spiro atoms. The van der Waals surface area contributed by atoms with Crippen molar-refractivity contribution >= 4 is 50.7 Å². The van der Waals surface area contributed by atoms with E-state index in [9.17, 15) is 18.0 Å². The van der Waals surface area contributed by atoms with Gasteiger partial charge in [-0.2, -0.15) is 0 Å². The summed E-state index contributed by atoms with van der Waals surface area (Å²) in [6.07, 6.45) is 0.148. The van der Waals surface area contributed by atoms with Crippen molar-refractivity contribution in [2.75, 3.05) is 32.1 Å². The van der Waals surface area contributed by atoms with E-state index in [-0.39, 0.29) is 29.3 Å². The molecule has 0 fully saturated rings. The Labute approximate surface area is 279 Å². The first-order valence-electron chi connectivity index (χ1n) is 14.3. The van der Waals surface area contributed by atoms with Crippen LogP contribution in [0.15, 0.2) is 95.9 Å². The van der Waals surface area contributed by atoms with E-state index in [2.05, 4.69) is 5.32 Å². The molecule has 1 atom stereocenters. The van der Waals surface area contributed by atoms with Crippen molar-refractivity contribution < 1.29 is 27.5 Å². The molecule has 0 heterocycles. The number of amides is 2. The Balaban J connectivity index is 1.86. The molecule has 0 saturated carbocycles. The summed E-state index contributed by atoms with van der Waals surface area (Å²) in [5.74, 6) is -0.461. The summed E-state index contributed by atoms with van der Waals surface area (Å²) in [7, 11) is 0.0609. The van der Waals surface area contributed by atoms with Gasteiger partial charge in [-0.15, -0.1) is 0 Å². The zero-order chi connectivity index (χ0) is 33.4. The highest BCUT2D eigenvalue weighted by atomic mass is 35.5. The van der Waals surface area contributed by atoms with Crippen LogP contribution in [0, 0.1) is 6.92 Å². The van der Waals surface area contributed by atoms with Gasteiger partial charge in [0.05, 0.1) is 24.8 Å². The Morgan fingerprint density at radius 3 is 2.07 bits per heavy atom. The van der Waals surface area contributed by atoms with Crippen molar-refractivity contribution in [2.24, 2.45) is 0 Å². The van der Waals surface area contributed by atoms with E-state index in [1.54, 1.807) is 36.4 Å². The van der Waals surface area contributed by atoms with Crippen molar-refractivity contribution in [3.05, 3.63) is 118 Å². The van der Waals surface area contributed by atoms with Gasteiger partial charge in [-0.1, -0.05) is 77.3 Å². The maximum Gasteiger partial charge on any atom is 0.264 e. The molecule has 9 nitrogen and oxygen atoms in total. The molecule has 46 heavy (non-hydrogen) atoms. The van der Waals surface area contributed by atoms with Gasteiger partial charge in [-0.25, -0.2) is 8.42 Å². The van der Waals surface area contributed by atoms with Gasteiger partial charge in [-0.3, -0.25) is 13.9 Å². The van der Waals surface area contributed by atoms with E-state index >= 15 is 0 Å². The van der Waals surface area contributed by atoms with Crippen molar-refractivity contribution in [3.8, 4) is 11.5 Å². The fourth-order valence-electron chi connectivity index (χ4n) is 4.92. The summed E-state index contributed by atoms with van der Waals surface area (Å²) in [5, 5.41) is 3.24. The zero-order valence-electron chi connectivity index (χ0n) is 25.9. The number of ether oxygens (including phenoxy) is 2.